The monoisotopic (exact) mass is 312 g/mol. The number of halogens is 1. The van der Waals surface area contributed by atoms with E-state index >= 15 is 0 Å². The molecule has 1 saturated heterocycles. The zero-order chi connectivity index (χ0) is 15.1. The van der Waals surface area contributed by atoms with Crippen LogP contribution in [-0.4, -0.2) is 31.0 Å². The summed E-state index contributed by atoms with van der Waals surface area (Å²) >= 11 is 6.11. The Bertz CT molecular complexity index is 407. The van der Waals surface area contributed by atoms with Gasteiger partial charge in [0.05, 0.1) is 24.7 Å². The van der Waals surface area contributed by atoms with E-state index in [9.17, 15) is 0 Å². The van der Waals surface area contributed by atoms with E-state index in [4.69, 9.17) is 25.8 Å². The standard InChI is InChI=1S/C17H25ClO3/c1-3-14-6-8-15(9-7-14)19-11-4-5-13(2)21-17-16(18)10-12-20-17/h6-9,13,16-17H,3-5,10-12H2,1-2H3. The molecule has 3 unspecified atom stereocenters. The summed E-state index contributed by atoms with van der Waals surface area (Å²) in [5.41, 5.74) is 1.33. The molecule has 0 spiro atoms. The minimum absolute atomic E-state index is 0.0132. The second-order valence-electron chi connectivity index (χ2n) is 5.48. The molecule has 21 heavy (non-hydrogen) atoms. The van der Waals surface area contributed by atoms with Crippen LogP contribution in [0.2, 0.25) is 0 Å². The maximum Gasteiger partial charge on any atom is 0.174 e. The van der Waals surface area contributed by atoms with Crippen LogP contribution in [0.25, 0.3) is 0 Å². The van der Waals surface area contributed by atoms with Crippen LogP contribution in [0, 0.1) is 0 Å². The first-order valence-corrected chi connectivity index (χ1v) is 8.25. The second-order valence-corrected chi connectivity index (χ2v) is 6.04. The summed E-state index contributed by atoms with van der Waals surface area (Å²) in [5.74, 6) is 0.931. The van der Waals surface area contributed by atoms with Crippen molar-refractivity contribution >= 4 is 11.6 Å². The predicted molar refractivity (Wildman–Crippen MR) is 85.1 cm³/mol. The van der Waals surface area contributed by atoms with Crippen LogP contribution in [0.5, 0.6) is 5.75 Å². The SMILES string of the molecule is CCc1ccc(OCCCC(C)OC2OCCC2Cl)cc1. The number of aryl methyl sites for hydroxylation is 1. The second kappa shape index (κ2) is 8.62. The van der Waals surface area contributed by atoms with Crippen LogP contribution >= 0.6 is 11.6 Å². The Morgan fingerprint density at radius 2 is 2.10 bits per heavy atom. The van der Waals surface area contributed by atoms with Crippen molar-refractivity contribution in [2.45, 2.75) is 57.3 Å². The molecule has 3 atom stereocenters. The number of hydrogen-bond donors (Lipinski definition) is 0. The molecule has 0 saturated carbocycles. The minimum atomic E-state index is -0.246. The average molecular weight is 313 g/mol. The molecule has 118 valence electrons. The fraction of sp³-hybridized carbons (Fsp3) is 0.647. The van der Waals surface area contributed by atoms with Gasteiger partial charge in [0.25, 0.3) is 0 Å². The van der Waals surface area contributed by atoms with Gasteiger partial charge >= 0.3 is 0 Å². The molecule has 1 fully saturated rings. The third-order valence-electron chi connectivity index (χ3n) is 3.69. The van der Waals surface area contributed by atoms with Gasteiger partial charge in [-0.2, -0.15) is 0 Å². The van der Waals surface area contributed by atoms with E-state index in [0.29, 0.717) is 13.2 Å². The van der Waals surface area contributed by atoms with Crippen LogP contribution in [0.1, 0.15) is 38.7 Å². The Kier molecular flexibility index (Phi) is 6.81. The third-order valence-corrected chi connectivity index (χ3v) is 4.12. The highest BCUT2D eigenvalue weighted by Crippen LogP contribution is 2.22. The molecule has 1 aliphatic rings. The molecule has 0 bridgehead atoms. The lowest BCUT2D eigenvalue weighted by atomic mass is 10.2. The smallest absolute Gasteiger partial charge is 0.174 e. The Morgan fingerprint density at radius 3 is 2.71 bits per heavy atom. The molecule has 0 aliphatic carbocycles. The van der Waals surface area contributed by atoms with Gasteiger partial charge < -0.3 is 14.2 Å². The first kappa shape index (κ1) is 16.6. The first-order chi connectivity index (χ1) is 10.2. The van der Waals surface area contributed by atoms with Crippen molar-refractivity contribution in [1.82, 2.24) is 0 Å². The molecule has 1 aromatic rings. The van der Waals surface area contributed by atoms with Crippen molar-refractivity contribution in [1.29, 1.82) is 0 Å². The van der Waals surface area contributed by atoms with Crippen LogP contribution < -0.4 is 4.74 Å². The maximum atomic E-state index is 6.11. The summed E-state index contributed by atoms with van der Waals surface area (Å²) < 4.78 is 17.0. The molecule has 2 rings (SSSR count). The largest absolute Gasteiger partial charge is 0.494 e. The van der Waals surface area contributed by atoms with Crippen molar-refractivity contribution in [3.63, 3.8) is 0 Å². The summed E-state index contributed by atoms with van der Waals surface area (Å²) in [5, 5.41) is -0.0132. The molecular formula is C17H25ClO3. The molecule has 0 aromatic heterocycles. The van der Waals surface area contributed by atoms with Gasteiger partial charge in [0.2, 0.25) is 0 Å². The van der Waals surface area contributed by atoms with Crippen LogP contribution in [0.4, 0.5) is 0 Å². The quantitative estimate of drug-likeness (QED) is 0.532. The van der Waals surface area contributed by atoms with Crippen molar-refractivity contribution in [2.75, 3.05) is 13.2 Å². The first-order valence-electron chi connectivity index (χ1n) is 7.82. The van der Waals surface area contributed by atoms with Crippen LogP contribution in [0.3, 0.4) is 0 Å². The van der Waals surface area contributed by atoms with Gasteiger partial charge in [0.1, 0.15) is 5.75 Å². The Balaban J connectivity index is 1.60. The molecule has 1 heterocycles. The van der Waals surface area contributed by atoms with Gasteiger partial charge in [-0.3, -0.25) is 0 Å². The minimum Gasteiger partial charge on any atom is -0.494 e. The number of benzene rings is 1. The average Bonchev–Trinajstić information content (AvgIpc) is 2.89. The summed E-state index contributed by atoms with van der Waals surface area (Å²) in [6.45, 7) is 5.61. The summed E-state index contributed by atoms with van der Waals surface area (Å²) in [6.07, 6.45) is 3.72. The van der Waals surface area contributed by atoms with Gasteiger partial charge in [-0.1, -0.05) is 19.1 Å². The molecule has 0 radical (unpaired) electrons. The van der Waals surface area contributed by atoms with Crippen molar-refractivity contribution in [2.24, 2.45) is 0 Å². The van der Waals surface area contributed by atoms with E-state index in [1.807, 2.05) is 12.1 Å². The van der Waals surface area contributed by atoms with Gasteiger partial charge in [-0.15, -0.1) is 11.6 Å². The van der Waals surface area contributed by atoms with Crippen molar-refractivity contribution in [3.05, 3.63) is 29.8 Å². The highest BCUT2D eigenvalue weighted by atomic mass is 35.5. The molecule has 4 heteroatoms. The van der Waals surface area contributed by atoms with Crippen LogP contribution in [0.15, 0.2) is 24.3 Å². The fourth-order valence-electron chi connectivity index (χ4n) is 2.34. The van der Waals surface area contributed by atoms with Crippen molar-refractivity contribution in [3.8, 4) is 5.75 Å². The Morgan fingerprint density at radius 1 is 1.33 bits per heavy atom. The van der Waals surface area contributed by atoms with E-state index in [-0.39, 0.29) is 17.8 Å². The van der Waals surface area contributed by atoms with E-state index < -0.39 is 0 Å². The lowest BCUT2D eigenvalue weighted by Gasteiger charge is -2.20. The van der Waals surface area contributed by atoms with E-state index in [2.05, 4.69) is 26.0 Å². The molecule has 3 nitrogen and oxygen atoms in total. The number of alkyl halides is 1. The molecule has 1 aliphatic heterocycles. The zero-order valence-corrected chi connectivity index (χ0v) is 13.6. The molecular weight excluding hydrogens is 288 g/mol. The number of rotatable bonds is 8. The molecule has 0 N–H and O–H groups in total. The number of ether oxygens (including phenoxy) is 3. The normalized spacial score (nSPS) is 23.2. The van der Waals surface area contributed by atoms with Gasteiger partial charge in [0, 0.05) is 0 Å². The Labute approximate surface area is 132 Å². The lowest BCUT2D eigenvalue weighted by molar-refractivity contribution is -0.139. The van der Waals surface area contributed by atoms with Gasteiger partial charge in [0.15, 0.2) is 6.29 Å². The van der Waals surface area contributed by atoms with Gasteiger partial charge in [-0.05, 0) is 50.3 Å². The van der Waals surface area contributed by atoms with E-state index in [1.165, 1.54) is 5.56 Å². The fourth-order valence-corrected chi connectivity index (χ4v) is 2.56. The van der Waals surface area contributed by atoms with Crippen LogP contribution in [-0.2, 0) is 15.9 Å². The maximum absolute atomic E-state index is 6.11. The zero-order valence-electron chi connectivity index (χ0n) is 12.9. The third kappa shape index (κ3) is 5.50. The van der Waals surface area contributed by atoms with Gasteiger partial charge in [-0.25, -0.2) is 0 Å². The summed E-state index contributed by atoms with van der Waals surface area (Å²) in [4.78, 5) is 0. The number of hydrogen-bond acceptors (Lipinski definition) is 3. The Hall–Kier alpha value is -0.770. The van der Waals surface area contributed by atoms with Crippen molar-refractivity contribution < 1.29 is 14.2 Å². The highest BCUT2D eigenvalue weighted by molar-refractivity contribution is 6.21. The topological polar surface area (TPSA) is 27.7 Å². The summed E-state index contributed by atoms with van der Waals surface area (Å²) in [7, 11) is 0. The molecule has 1 aromatic carbocycles. The lowest BCUT2D eigenvalue weighted by Crippen LogP contribution is -2.25. The van der Waals surface area contributed by atoms with E-state index in [1.54, 1.807) is 0 Å². The predicted octanol–water partition coefficient (Wildman–Crippen LogP) is 4.17. The highest BCUT2D eigenvalue weighted by Gasteiger charge is 2.28. The molecule has 0 amide bonds. The van der Waals surface area contributed by atoms with E-state index in [0.717, 1.165) is 31.4 Å². The summed E-state index contributed by atoms with van der Waals surface area (Å²) in [6, 6.07) is 8.28.